The fourth-order valence-electron chi connectivity index (χ4n) is 1.22. The number of aromatic nitrogens is 2. The zero-order valence-corrected chi connectivity index (χ0v) is 10.1. The largest absolute Gasteiger partial charge is 0.481 e. The van der Waals surface area contributed by atoms with Gasteiger partial charge in [0.1, 0.15) is 0 Å². The average Bonchev–Trinajstić information content (AvgIpc) is 2.81. The first kappa shape index (κ1) is 14.6. The summed E-state index contributed by atoms with van der Waals surface area (Å²) in [4.78, 5) is 36.5. The molecule has 0 aliphatic carbocycles. The van der Waals surface area contributed by atoms with Crippen molar-refractivity contribution in [1.82, 2.24) is 20.8 Å². The lowest BCUT2D eigenvalue weighted by molar-refractivity contribution is -0.137. The number of imide groups is 1. The molecule has 0 fully saturated rings. The van der Waals surface area contributed by atoms with Crippen LogP contribution >= 0.6 is 0 Å². The van der Waals surface area contributed by atoms with Crippen LogP contribution in [0.1, 0.15) is 25.1 Å². The van der Waals surface area contributed by atoms with Crippen LogP contribution in [-0.4, -0.2) is 39.7 Å². The second kappa shape index (κ2) is 7.80. The summed E-state index contributed by atoms with van der Waals surface area (Å²) in [5, 5.41) is 16.5. The minimum Gasteiger partial charge on any atom is -0.481 e. The van der Waals surface area contributed by atoms with E-state index in [0.717, 1.165) is 0 Å². The molecule has 104 valence electrons. The molecule has 1 aromatic rings. The number of aliphatic carboxylic acids is 1. The molecule has 0 bridgehead atoms. The van der Waals surface area contributed by atoms with Gasteiger partial charge in [-0.15, -0.1) is 0 Å². The van der Waals surface area contributed by atoms with Crippen molar-refractivity contribution in [1.29, 1.82) is 0 Å². The summed E-state index contributed by atoms with van der Waals surface area (Å²) < 4.78 is 4.51. The predicted octanol–water partition coefficient (Wildman–Crippen LogP) is -0.307. The molecule has 19 heavy (non-hydrogen) atoms. The number of hydrogen-bond acceptors (Lipinski definition) is 6. The molecule has 0 saturated heterocycles. The van der Waals surface area contributed by atoms with Crippen molar-refractivity contribution in [2.75, 3.05) is 6.54 Å². The van der Waals surface area contributed by atoms with E-state index in [4.69, 9.17) is 5.11 Å². The summed E-state index contributed by atoms with van der Waals surface area (Å²) in [6.07, 6.45) is 1.65. The highest BCUT2D eigenvalue weighted by Crippen LogP contribution is 1.94. The lowest BCUT2D eigenvalue weighted by atomic mass is 10.2. The SMILES string of the molecule is O=C(O)CCCC(=O)NC(=O)NCCc1ncon1. The lowest BCUT2D eigenvalue weighted by Gasteiger charge is -2.04. The molecule has 0 saturated carbocycles. The van der Waals surface area contributed by atoms with E-state index >= 15 is 0 Å². The Morgan fingerprint density at radius 3 is 2.74 bits per heavy atom. The molecule has 0 radical (unpaired) electrons. The van der Waals surface area contributed by atoms with E-state index in [-0.39, 0.29) is 25.8 Å². The number of rotatable bonds is 7. The molecule has 0 aliphatic rings. The van der Waals surface area contributed by atoms with E-state index in [9.17, 15) is 14.4 Å². The van der Waals surface area contributed by atoms with Gasteiger partial charge in [-0.2, -0.15) is 4.98 Å². The third-order valence-electron chi connectivity index (χ3n) is 2.09. The molecule has 0 unspecified atom stereocenters. The maximum atomic E-state index is 11.3. The number of carboxylic acids is 1. The van der Waals surface area contributed by atoms with Crippen LogP contribution in [0, 0.1) is 0 Å². The van der Waals surface area contributed by atoms with E-state index in [1.165, 1.54) is 6.39 Å². The van der Waals surface area contributed by atoms with Crippen LogP contribution in [0.2, 0.25) is 0 Å². The third kappa shape index (κ3) is 6.76. The highest BCUT2D eigenvalue weighted by atomic mass is 16.5. The Labute approximate surface area is 108 Å². The Hall–Kier alpha value is -2.45. The second-order valence-corrected chi connectivity index (χ2v) is 3.65. The molecule has 9 nitrogen and oxygen atoms in total. The molecule has 0 atom stereocenters. The number of carbonyl (C=O) groups excluding carboxylic acids is 2. The first-order chi connectivity index (χ1) is 9.08. The van der Waals surface area contributed by atoms with Gasteiger partial charge >= 0.3 is 12.0 Å². The standard InChI is InChI=1S/C10H14N4O5/c15-8(2-1-3-9(16)17)13-10(18)11-5-4-7-12-6-19-14-7/h6H,1-5H2,(H,16,17)(H2,11,13,15,18). The number of carbonyl (C=O) groups is 3. The summed E-state index contributed by atoms with van der Waals surface area (Å²) in [6.45, 7) is 0.258. The van der Waals surface area contributed by atoms with Crippen LogP contribution in [0.25, 0.3) is 0 Å². The molecular formula is C10H14N4O5. The monoisotopic (exact) mass is 270 g/mol. The Kier molecular flexibility index (Phi) is 5.99. The highest BCUT2D eigenvalue weighted by Gasteiger charge is 2.08. The number of hydrogen-bond donors (Lipinski definition) is 3. The zero-order chi connectivity index (χ0) is 14.1. The normalized spacial score (nSPS) is 9.89. The number of nitrogens with zero attached hydrogens (tertiary/aromatic N) is 2. The van der Waals surface area contributed by atoms with Crippen LogP contribution < -0.4 is 10.6 Å². The molecular weight excluding hydrogens is 256 g/mol. The third-order valence-corrected chi connectivity index (χ3v) is 2.09. The maximum absolute atomic E-state index is 11.3. The van der Waals surface area contributed by atoms with Crippen molar-refractivity contribution < 1.29 is 24.0 Å². The molecule has 9 heteroatoms. The topological polar surface area (TPSA) is 134 Å². The van der Waals surface area contributed by atoms with E-state index < -0.39 is 17.9 Å². The van der Waals surface area contributed by atoms with Gasteiger partial charge in [-0.3, -0.25) is 14.9 Å². The highest BCUT2D eigenvalue weighted by molar-refractivity contribution is 5.94. The van der Waals surface area contributed by atoms with Crippen molar-refractivity contribution in [2.45, 2.75) is 25.7 Å². The zero-order valence-electron chi connectivity index (χ0n) is 10.1. The molecule has 3 amide bonds. The van der Waals surface area contributed by atoms with E-state index in [2.05, 4.69) is 25.3 Å². The van der Waals surface area contributed by atoms with Crippen molar-refractivity contribution in [3.8, 4) is 0 Å². The molecule has 3 N–H and O–H groups in total. The molecule has 0 spiro atoms. The van der Waals surface area contributed by atoms with Crippen LogP contribution in [0.5, 0.6) is 0 Å². The van der Waals surface area contributed by atoms with Crippen LogP contribution in [0.15, 0.2) is 10.9 Å². The summed E-state index contributed by atoms with van der Waals surface area (Å²) in [5.74, 6) is -1.04. The summed E-state index contributed by atoms with van der Waals surface area (Å²) >= 11 is 0. The Morgan fingerprint density at radius 2 is 2.11 bits per heavy atom. The predicted molar refractivity (Wildman–Crippen MR) is 61.0 cm³/mol. The fraction of sp³-hybridized carbons (Fsp3) is 0.500. The van der Waals surface area contributed by atoms with Crippen LogP contribution in [0.3, 0.4) is 0 Å². The van der Waals surface area contributed by atoms with Gasteiger partial charge in [-0.25, -0.2) is 4.79 Å². The van der Waals surface area contributed by atoms with Gasteiger partial charge in [-0.1, -0.05) is 5.16 Å². The molecule has 1 rings (SSSR count). The molecule has 0 aromatic carbocycles. The van der Waals surface area contributed by atoms with Gasteiger partial charge in [0, 0.05) is 25.8 Å². The van der Waals surface area contributed by atoms with Gasteiger partial charge in [0.15, 0.2) is 5.82 Å². The maximum Gasteiger partial charge on any atom is 0.321 e. The number of urea groups is 1. The molecule has 1 heterocycles. The molecule has 1 aromatic heterocycles. The first-order valence-corrected chi connectivity index (χ1v) is 5.62. The van der Waals surface area contributed by atoms with Crippen LogP contribution in [0.4, 0.5) is 4.79 Å². The van der Waals surface area contributed by atoms with E-state index in [0.29, 0.717) is 12.2 Å². The second-order valence-electron chi connectivity index (χ2n) is 3.65. The van der Waals surface area contributed by atoms with Crippen molar-refractivity contribution in [3.63, 3.8) is 0 Å². The summed E-state index contributed by atoms with van der Waals surface area (Å²) in [7, 11) is 0. The summed E-state index contributed by atoms with van der Waals surface area (Å²) in [6, 6.07) is -0.635. The lowest BCUT2D eigenvalue weighted by Crippen LogP contribution is -2.40. The first-order valence-electron chi connectivity index (χ1n) is 5.62. The van der Waals surface area contributed by atoms with Gasteiger partial charge in [-0.05, 0) is 6.42 Å². The molecule has 0 aliphatic heterocycles. The van der Waals surface area contributed by atoms with Gasteiger partial charge < -0.3 is 14.9 Å². The van der Waals surface area contributed by atoms with Crippen molar-refractivity contribution >= 4 is 17.9 Å². The van der Waals surface area contributed by atoms with E-state index in [1.807, 2.05) is 0 Å². The quantitative estimate of drug-likeness (QED) is 0.618. The Bertz CT molecular complexity index is 431. The number of amides is 3. The summed E-state index contributed by atoms with van der Waals surface area (Å²) in [5.41, 5.74) is 0. The van der Waals surface area contributed by atoms with E-state index in [1.54, 1.807) is 0 Å². The minimum atomic E-state index is -0.975. The minimum absolute atomic E-state index is 0.00936. The number of nitrogens with one attached hydrogen (secondary N) is 2. The average molecular weight is 270 g/mol. The number of carboxylic acid groups (broad SMARTS) is 1. The fourth-order valence-corrected chi connectivity index (χ4v) is 1.22. The van der Waals surface area contributed by atoms with Crippen LogP contribution in [-0.2, 0) is 16.0 Å². The van der Waals surface area contributed by atoms with Gasteiger partial charge in [0.2, 0.25) is 12.3 Å². The smallest absolute Gasteiger partial charge is 0.321 e. The Balaban J connectivity index is 2.09. The van der Waals surface area contributed by atoms with Gasteiger partial charge in [0.05, 0.1) is 0 Å². The van der Waals surface area contributed by atoms with Crippen molar-refractivity contribution in [3.05, 3.63) is 12.2 Å². The van der Waals surface area contributed by atoms with Gasteiger partial charge in [0.25, 0.3) is 0 Å². The Morgan fingerprint density at radius 1 is 1.32 bits per heavy atom. The van der Waals surface area contributed by atoms with Crippen molar-refractivity contribution in [2.24, 2.45) is 0 Å².